The summed E-state index contributed by atoms with van der Waals surface area (Å²) < 4.78 is 7.09. The molecule has 21 heavy (non-hydrogen) atoms. The van der Waals surface area contributed by atoms with Crippen molar-refractivity contribution in [2.45, 2.75) is 13.5 Å². The number of hydrogen-bond acceptors (Lipinski definition) is 4. The summed E-state index contributed by atoms with van der Waals surface area (Å²) in [5, 5.41) is 7.02. The van der Waals surface area contributed by atoms with E-state index >= 15 is 0 Å². The van der Waals surface area contributed by atoms with Crippen molar-refractivity contribution in [3.05, 3.63) is 46.1 Å². The fraction of sp³-hybridized carbons (Fsp3) is 0.214. The van der Waals surface area contributed by atoms with Crippen molar-refractivity contribution in [1.82, 2.24) is 20.1 Å². The van der Waals surface area contributed by atoms with Crippen LogP contribution in [0.3, 0.4) is 0 Å². The van der Waals surface area contributed by atoms with E-state index in [4.69, 9.17) is 16.6 Å². The SMILES string of the molecule is Cc1c(CNC(=O)c2ccc3[nH]c(=S)oc3c2)cnn1C. The molecule has 7 heteroatoms. The number of rotatable bonds is 3. The molecule has 0 aliphatic carbocycles. The number of H-pyrrole nitrogens is 1. The van der Waals surface area contributed by atoms with Crippen LogP contribution >= 0.6 is 12.2 Å². The smallest absolute Gasteiger partial charge is 0.266 e. The molecule has 0 radical (unpaired) electrons. The summed E-state index contributed by atoms with van der Waals surface area (Å²) in [6.45, 7) is 2.40. The van der Waals surface area contributed by atoms with Crippen LogP contribution in [0.2, 0.25) is 0 Å². The lowest BCUT2D eigenvalue weighted by molar-refractivity contribution is 0.0951. The molecule has 0 atom stereocenters. The predicted molar refractivity (Wildman–Crippen MR) is 80.5 cm³/mol. The van der Waals surface area contributed by atoms with E-state index in [1.807, 2.05) is 14.0 Å². The van der Waals surface area contributed by atoms with Crippen LogP contribution in [0.15, 0.2) is 28.8 Å². The first-order chi connectivity index (χ1) is 10.0. The van der Waals surface area contributed by atoms with Gasteiger partial charge in [-0.15, -0.1) is 0 Å². The molecular weight excluding hydrogens is 288 g/mol. The fourth-order valence-corrected chi connectivity index (χ4v) is 2.28. The lowest BCUT2D eigenvalue weighted by Crippen LogP contribution is -2.22. The molecule has 0 fully saturated rings. The monoisotopic (exact) mass is 302 g/mol. The van der Waals surface area contributed by atoms with Crippen LogP contribution in [0.5, 0.6) is 0 Å². The maximum Gasteiger partial charge on any atom is 0.266 e. The van der Waals surface area contributed by atoms with Gasteiger partial charge in [0.25, 0.3) is 10.7 Å². The van der Waals surface area contributed by atoms with E-state index in [1.54, 1.807) is 29.1 Å². The summed E-state index contributed by atoms with van der Waals surface area (Å²) in [4.78, 5) is 15.4. The minimum atomic E-state index is -0.164. The van der Waals surface area contributed by atoms with Crippen molar-refractivity contribution in [1.29, 1.82) is 0 Å². The number of fused-ring (bicyclic) bond motifs is 1. The van der Waals surface area contributed by atoms with E-state index in [1.165, 1.54) is 0 Å². The second-order valence-electron chi connectivity index (χ2n) is 4.79. The zero-order chi connectivity index (χ0) is 15.0. The highest BCUT2D eigenvalue weighted by Crippen LogP contribution is 2.15. The van der Waals surface area contributed by atoms with E-state index in [9.17, 15) is 4.79 Å². The van der Waals surface area contributed by atoms with Gasteiger partial charge in [-0.3, -0.25) is 9.48 Å². The summed E-state index contributed by atoms with van der Waals surface area (Å²) in [5.41, 5.74) is 3.90. The number of aromatic nitrogens is 3. The van der Waals surface area contributed by atoms with Gasteiger partial charge in [-0.2, -0.15) is 5.10 Å². The maximum atomic E-state index is 12.2. The summed E-state index contributed by atoms with van der Waals surface area (Å²) in [7, 11) is 1.87. The standard InChI is InChI=1S/C14H14N4O2S/c1-8-10(7-16-18(8)2)6-15-13(19)9-3-4-11-12(5-9)20-14(21)17-11/h3-5,7H,6H2,1-2H3,(H,15,19)(H,17,21). The Labute approximate surface area is 125 Å². The molecule has 0 unspecified atom stereocenters. The molecule has 0 saturated carbocycles. The summed E-state index contributed by atoms with van der Waals surface area (Å²) in [6.07, 6.45) is 1.75. The number of amides is 1. The van der Waals surface area contributed by atoms with Gasteiger partial charge in [0.1, 0.15) is 0 Å². The normalized spacial score (nSPS) is 11.0. The Bertz CT molecular complexity index is 875. The second-order valence-corrected chi connectivity index (χ2v) is 5.16. The van der Waals surface area contributed by atoms with E-state index in [0.29, 0.717) is 22.5 Å². The quantitative estimate of drug-likeness (QED) is 0.729. The molecule has 0 aliphatic rings. The van der Waals surface area contributed by atoms with Crippen LogP contribution in [0.1, 0.15) is 21.6 Å². The Morgan fingerprint density at radius 1 is 1.52 bits per heavy atom. The van der Waals surface area contributed by atoms with Crippen molar-refractivity contribution in [3.8, 4) is 0 Å². The van der Waals surface area contributed by atoms with Gasteiger partial charge >= 0.3 is 0 Å². The van der Waals surface area contributed by atoms with Crippen molar-refractivity contribution in [2.24, 2.45) is 7.05 Å². The number of carbonyl (C=O) groups excluding carboxylic acids is 1. The average molecular weight is 302 g/mol. The van der Waals surface area contributed by atoms with E-state index < -0.39 is 0 Å². The molecule has 2 aromatic heterocycles. The number of benzene rings is 1. The Kier molecular flexibility index (Phi) is 3.34. The Morgan fingerprint density at radius 2 is 2.33 bits per heavy atom. The van der Waals surface area contributed by atoms with Crippen LogP contribution in [0, 0.1) is 11.8 Å². The Hall–Kier alpha value is -2.41. The number of carbonyl (C=O) groups is 1. The molecule has 6 nitrogen and oxygen atoms in total. The third-order valence-electron chi connectivity index (χ3n) is 3.46. The van der Waals surface area contributed by atoms with Gasteiger partial charge in [0.05, 0.1) is 11.7 Å². The predicted octanol–water partition coefficient (Wildman–Crippen LogP) is 2.46. The minimum absolute atomic E-state index is 0.164. The number of aryl methyl sites for hydroxylation is 1. The maximum absolute atomic E-state index is 12.2. The topological polar surface area (TPSA) is 75.8 Å². The van der Waals surface area contributed by atoms with Crippen LogP contribution < -0.4 is 5.32 Å². The molecule has 3 rings (SSSR count). The van der Waals surface area contributed by atoms with Gasteiger partial charge in [-0.1, -0.05) is 0 Å². The molecule has 1 amide bonds. The molecular formula is C14H14N4O2S. The molecule has 108 valence electrons. The van der Waals surface area contributed by atoms with Gasteiger partial charge in [0.2, 0.25) is 0 Å². The summed E-state index contributed by atoms with van der Waals surface area (Å²) in [5.74, 6) is -0.164. The molecule has 3 aromatic rings. The van der Waals surface area contributed by atoms with Gasteiger partial charge in [0.15, 0.2) is 5.58 Å². The number of hydrogen-bond donors (Lipinski definition) is 2. The lowest BCUT2D eigenvalue weighted by Gasteiger charge is -2.05. The van der Waals surface area contributed by atoms with Crippen LogP contribution in [0.25, 0.3) is 11.1 Å². The van der Waals surface area contributed by atoms with Crippen LogP contribution in [0.4, 0.5) is 0 Å². The molecule has 2 N–H and O–H groups in total. The average Bonchev–Trinajstić information content (AvgIpc) is 2.98. The van der Waals surface area contributed by atoms with Crippen molar-refractivity contribution < 1.29 is 9.21 Å². The third-order valence-corrected chi connectivity index (χ3v) is 3.64. The van der Waals surface area contributed by atoms with Crippen LogP contribution in [-0.2, 0) is 13.6 Å². The highest BCUT2D eigenvalue weighted by Gasteiger charge is 2.10. The summed E-state index contributed by atoms with van der Waals surface area (Å²) >= 11 is 4.92. The second kappa shape index (κ2) is 5.17. The number of oxazole rings is 1. The lowest BCUT2D eigenvalue weighted by atomic mass is 10.2. The van der Waals surface area contributed by atoms with Gasteiger partial charge in [-0.25, -0.2) is 0 Å². The fourth-order valence-electron chi connectivity index (χ4n) is 2.08. The number of aromatic amines is 1. The first-order valence-electron chi connectivity index (χ1n) is 6.43. The third kappa shape index (κ3) is 2.59. The van der Waals surface area contributed by atoms with Crippen molar-refractivity contribution >= 4 is 29.2 Å². The minimum Gasteiger partial charge on any atom is -0.429 e. The highest BCUT2D eigenvalue weighted by molar-refractivity contribution is 7.71. The van der Waals surface area contributed by atoms with Crippen molar-refractivity contribution in [2.75, 3.05) is 0 Å². The molecule has 0 bridgehead atoms. The number of nitrogens with zero attached hydrogens (tertiary/aromatic N) is 2. The van der Waals surface area contributed by atoms with E-state index in [0.717, 1.165) is 16.8 Å². The Morgan fingerprint density at radius 3 is 3.05 bits per heavy atom. The Balaban J connectivity index is 1.77. The highest BCUT2D eigenvalue weighted by atomic mass is 32.1. The molecule has 2 heterocycles. The number of nitrogens with one attached hydrogen (secondary N) is 2. The zero-order valence-corrected chi connectivity index (χ0v) is 12.5. The molecule has 1 aromatic carbocycles. The van der Waals surface area contributed by atoms with E-state index in [-0.39, 0.29) is 5.91 Å². The molecule has 0 saturated heterocycles. The zero-order valence-electron chi connectivity index (χ0n) is 11.6. The van der Waals surface area contributed by atoms with Crippen LogP contribution in [-0.4, -0.2) is 20.7 Å². The molecule has 0 aliphatic heterocycles. The first-order valence-corrected chi connectivity index (χ1v) is 6.84. The van der Waals surface area contributed by atoms with Gasteiger partial charge in [-0.05, 0) is 37.3 Å². The van der Waals surface area contributed by atoms with Gasteiger partial charge < -0.3 is 14.7 Å². The summed E-state index contributed by atoms with van der Waals surface area (Å²) in [6, 6.07) is 5.18. The van der Waals surface area contributed by atoms with Gasteiger partial charge in [0, 0.05) is 30.4 Å². The van der Waals surface area contributed by atoms with E-state index in [2.05, 4.69) is 15.4 Å². The largest absolute Gasteiger partial charge is 0.429 e. The van der Waals surface area contributed by atoms with Crippen molar-refractivity contribution in [3.63, 3.8) is 0 Å². The molecule has 0 spiro atoms. The first kappa shape index (κ1) is 13.6.